The Morgan fingerprint density at radius 3 is 2.65 bits per heavy atom. The highest BCUT2D eigenvalue weighted by Gasteiger charge is 2.45. The van der Waals surface area contributed by atoms with Crippen molar-refractivity contribution in [2.75, 3.05) is 6.61 Å². The van der Waals surface area contributed by atoms with Crippen molar-refractivity contribution in [3.63, 3.8) is 0 Å². The number of carbonyl (C=O) groups is 1. The monoisotopic (exact) mass is 400 g/mol. The van der Waals surface area contributed by atoms with Crippen LogP contribution >= 0.6 is 22.7 Å². The lowest BCUT2D eigenvalue weighted by atomic mass is 9.99. The molecule has 5 atom stereocenters. The van der Waals surface area contributed by atoms with Crippen LogP contribution in [0.2, 0.25) is 0 Å². The summed E-state index contributed by atoms with van der Waals surface area (Å²) < 4.78 is 10.9. The lowest BCUT2D eigenvalue weighted by molar-refractivity contribution is -0.277. The van der Waals surface area contributed by atoms with Gasteiger partial charge in [-0.15, -0.1) is 11.3 Å². The van der Waals surface area contributed by atoms with Crippen LogP contribution in [-0.2, 0) is 11.2 Å². The van der Waals surface area contributed by atoms with E-state index in [0.29, 0.717) is 17.7 Å². The van der Waals surface area contributed by atoms with Crippen LogP contribution < -0.4 is 4.74 Å². The molecule has 2 aromatic heterocycles. The summed E-state index contributed by atoms with van der Waals surface area (Å²) in [5, 5.41) is 44.6. The molecule has 1 saturated heterocycles. The van der Waals surface area contributed by atoms with Gasteiger partial charge in [0.1, 0.15) is 35.0 Å². The molecule has 0 amide bonds. The number of aliphatic hydroxyl groups excluding tert-OH is 4. The second-order valence-electron chi connectivity index (χ2n) is 5.98. The normalized spacial score (nSPS) is 28.8. The molecule has 7 nitrogen and oxygen atoms in total. The molecule has 0 saturated carbocycles. The van der Waals surface area contributed by atoms with Crippen molar-refractivity contribution in [1.29, 1.82) is 0 Å². The SMILES string of the molecule is O=C(CCc1ccsc1)c1sccc1OC1OC(CO)C(O)C(O)C1O. The van der Waals surface area contributed by atoms with Crippen molar-refractivity contribution in [3.8, 4) is 5.75 Å². The highest BCUT2D eigenvalue weighted by molar-refractivity contribution is 7.12. The lowest BCUT2D eigenvalue weighted by Crippen LogP contribution is -2.60. The minimum absolute atomic E-state index is 0.0919. The molecule has 9 heteroatoms. The maximum atomic E-state index is 12.5. The molecule has 5 unspecified atom stereocenters. The number of hydrogen-bond acceptors (Lipinski definition) is 9. The minimum atomic E-state index is -1.53. The van der Waals surface area contributed by atoms with Crippen LogP contribution in [0.15, 0.2) is 28.3 Å². The van der Waals surface area contributed by atoms with E-state index in [4.69, 9.17) is 9.47 Å². The zero-order valence-corrected chi connectivity index (χ0v) is 15.4. The number of rotatable bonds is 7. The Balaban J connectivity index is 1.67. The maximum Gasteiger partial charge on any atom is 0.229 e. The first kappa shape index (κ1) is 19.4. The van der Waals surface area contributed by atoms with Crippen molar-refractivity contribution in [2.24, 2.45) is 0 Å². The first-order chi connectivity index (χ1) is 12.5. The number of hydrogen-bond donors (Lipinski definition) is 4. The summed E-state index contributed by atoms with van der Waals surface area (Å²) in [5.74, 6) is 0.153. The van der Waals surface area contributed by atoms with Crippen molar-refractivity contribution in [1.82, 2.24) is 0 Å². The average Bonchev–Trinajstić information content (AvgIpc) is 3.32. The maximum absolute atomic E-state index is 12.5. The Morgan fingerprint density at radius 2 is 1.96 bits per heavy atom. The molecule has 142 valence electrons. The number of thiophene rings is 2. The van der Waals surface area contributed by atoms with Gasteiger partial charge in [0.15, 0.2) is 5.78 Å². The third kappa shape index (κ3) is 4.15. The smallest absolute Gasteiger partial charge is 0.229 e. The predicted octanol–water partition coefficient (Wildman–Crippen LogP) is 0.804. The van der Waals surface area contributed by atoms with E-state index >= 15 is 0 Å². The summed E-state index contributed by atoms with van der Waals surface area (Å²) in [6.45, 7) is -0.541. The molecule has 1 aliphatic rings. The van der Waals surface area contributed by atoms with Crippen LogP contribution in [0, 0.1) is 0 Å². The van der Waals surface area contributed by atoms with Gasteiger partial charge in [0, 0.05) is 6.42 Å². The fourth-order valence-corrected chi connectivity index (χ4v) is 4.19. The number of ether oxygens (including phenoxy) is 2. The molecule has 4 N–H and O–H groups in total. The molecule has 3 heterocycles. The van der Waals surface area contributed by atoms with E-state index in [1.807, 2.05) is 16.8 Å². The quantitative estimate of drug-likeness (QED) is 0.508. The average molecular weight is 400 g/mol. The van der Waals surface area contributed by atoms with Crippen LogP contribution in [0.3, 0.4) is 0 Å². The number of carbonyl (C=O) groups excluding carboxylic acids is 1. The van der Waals surface area contributed by atoms with Gasteiger partial charge in [-0.2, -0.15) is 11.3 Å². The number of aryl methyl sites for hydroxylation is 1. The Morgan fingerprint density at radius 1 is 1.15 bits per heavy atom. The number of Topliss-reactive ketones (excluding diaryl/α,β-unsaturated/α-hetero) is 1. The van der Waals surface area contributed by atoms with Crippen LogP contribution in [0.25, 0.3) is 0 Å². The summed E-state index contributed by atoms with van der Waals surface area (Å²) in [6.07, 6.45) is -5.91. The summed E-state index contributed by atoms with van der Waals surface area (Å²) in [6, 6.07) is 3.56. The van der Waals surface area contributed by atoms with Crippen molar-refractivity contribution >= 4 is 28.5 Å². The third-order valence-corrected chi connectivity index (χ3v) is 5.86. The van der Waals surface area contributed by atoms with Crippen molar-refractivity contribution in [3.05, 3.63) is 38.7 Å². The van der Waals surface area contributed by atoms with Crippen LogP contribution in [0.1, 0.15) is 21.7 Å². The topological polar surface area (TPSA) is 116 Å². The first-order valence-electron chi connectivity index (χ1n) is 8.10. The second-order valence-corrected chi connectivity index (χ2v) is 7.68. The van der Waals surface area contributed by atoms with E-state index in [1.165, 1.54) is 11.3 Å². The highest BCUT2D eigenvalue weighted by atomic mass is 32.1. The Hall–Kier alpha value is -1.33. The van der Waals surface area contributed by atoms with Crippen molar-refractivity contribution < 1.29 is 34.7 Å². The van der Waals surface area contributed by atoms with Crippen molar-refractivity contribution in [2.45, 2.75) is 43.5 Å². The largest absolute Gasteiger partial charge is 0.460 e. The molecule has 2 aromatic rings. The molecule has 0 bridgehead atoms. The molecule has 0 spiro atoms. The van der Waals surface area contributed by atoms with Gasteiger partial charge in [-0.1, -0.05) is 0 Å². The van der Waals surface area contributed by atoms with Gasteiger partial charge in [-0.3, -0.25) is 4.79 Å². The van der Waals surface area contributed by atoms with E-state index in [-0.39, 0.29) is 11.5 Å². The third-order valence-electron chi connectivity index (χ3n) is 4.19. The minimum Gasteiger partial charge on any atom is -0.460 e. The van der Waals surface area contributed by atoms with Gasteiger partial charge in [0.25, 0.3) is 0 Å². The van der Waals surface area contributed by atoms with E-state index in [0.717, 1.165) is 5.56 Å². The molecule has 0 aromatic carbocycles. The molecule has 1 aliphatic heterocycles. The molecule has 0 aliphatic carbocycles. The van der Waals surface area contributed by atoms with E-state index in [9.17, 15) is 25.2 Å². The van der Waals surface area contributed by atoms with Gasteiger partial charge in [-0.25, -0.2) is 0 Å². The van der Waals surface area contributed by atoms with Gasteiger partial charge in [0.05, 0.1) is 6.61 Å². The lowest BCUT2D eigenvalue weighted by Gasteiger charge is -2.39. The van der Waals surface area contributed by atoms with Gasteiger partial charge < -0.3 is 29.9 Å². The molecular formula is C17H20O7S2. The van der Waals surface area contributed by atoms with Gasteiger partial charge in [0.2, 0.25) is 6.29 Å². The molecule has 3 rings (SSSR count). The molecular weight excluding hydrogens is 380 g/mol. The molecule has 0 radical (unpaired) electrons. The summed E-state index contributed by atoms with van der Waals surface area (Å²) >= 11 is 2.80. The van der Waals surface area contributed by atoms with Crippen LogP contribution in [0.4, 0.5) is 0 Å². The first-order valence-corrected chi connectivity index (χ1v) is 9.92. The zero-order chi connectivity index (χ0) is 18.7. The Kier molecular flexibility index (Phi) is 6.41. The number of ketones is 1. The molecule has 1 fully saturated rings. The van der Waals surface area contributed by atoms with Gasteiger partial charge >= 0.3 is 0 Å². The van der Waals surface area contributed by atoms with Crippen LogP contribution in [-0.4, -0.2) is 63.5 Å². The van der Waals surface area contributed by atoms with E-state index in [1.54, 1.807) is 22.8 Å². The fraction of sp³-hybridized carbons (Fsp3) is 0.471. The predicted molar refractivity (Wildman–Crippen MR) is 95.7 cm³/mol. The Bertz CT molecular complexity index is 713. The highest BCUT2D eigenvalue weighted by Crippen LogP contribution is 2.31. The molecule has 26 heavy (non-hydrogen) atoms. The van der Waals surface area contributed by atoms with E-state index < -0.39 is 37.3 Å². The fourth-order valence-electron chi connectivity index (χ4n) is 2.69. The number of aliphatic hydroxyl groups is 4. The Labute approximate surface area is 158 Å². The summed E-state index contributed by atoms with van der Waals surface area (Å²) in [4.78, 5) is 12.9. The standard InChI is InChI=1S/C17H20O7S2/c18-7-12-13(20)14(21)15(22)17(24-12)23-11-4-6-26-16(11)10(19)2-1-9-3-5-25-8-9/h3-6,8,12-15,17-18,20-22H,1-2,7H2. The van der Waals surface area contributed by atoms with Gasteiger partial charge in [-0.05, 0) is 40.3 Å². The zero-order valence-electron chi connectivity index (χ0n) is 13.7. The van der Waals surface area contributed by atoms with E-state index in [2.05, 4.69) is 0 Å². The summed E-state index contributed by atoms with van der Waals surface area (Å²) in [5.41, 5.74) is 1.09. The van der Waals surface area contributed by atoms with Crippen LogP contribution in [0.5, 0.6) is 5.75 Å². The second kappa shape index (κ2) is 8.57. The summed E-state index contributed by atoms with van der Waals surface area (Å²) in [7, 11) is 0.